The highest BCUT2D eigenvalue weighted by Crippen LogP contribution is 2.31. The number of nitrogens with zero attached hydrogens (tertiary/aromatic N) is 1. The van der Waals surface area contributed by atoms with Crippen LogP contribution in [0.5, 0.6) is 0 Å². The number of rotatable bonds is 5. The zero-order chi connectivity index (χ0) is 13.8. The molecule has 2 unspecified atom stereocenters. The summed E-state index contributed by atoms with van der Waals surface area (Å²) in [6.45, 7) is 7.05. The monoisotopic (exact) mass is 326 g/mol. The average Bonchev–Trinajstić information content (AvgIpc) is 2.92. The van der Waals surface area contributed by atoms with Crippen LogP contribution in [0, 0.1) is 0 Å². The van der Waals surface area contributed by atoms with Crippen molar-refractivity contribution in [2.24, 2.45) is 0 Å². The highest BCUT2D eigenvalue weighted by Gasteiger charge is 2.23. The van der Waals surface area contributed by atoms with Gasteiger partial charge in [0, 0.05) is 29.9 Å². The molecule has 1 saturated heterocycles. The normalized spacial score (nSPS) is 20.5. The summed E-state index contributed by atoms with van der Waals surface area (Å²) in [4.78, 5) is 2.36. The lowest BCUT2D eigenvalue weighted by molar-refractivity contribution is 0.193. The lowest BCUT2D eigenvalue weighted by atomic mass is 10.0. The second kappa shape index (κ2) is 6.73. The summed E-state index contributed by atoms with van der Waals surface area (Å²) in [5.74, 6) is 0. The topological polar surface area (TPSA) is 24.5 Å². The van der Waals surface area contributed by atoms with Crippen LogP contribution in [0.3, 0.4) is 0 Å². The van der Waals surface area contributed by atoms with Gasteiger partial charge in [-0.1, -0.05) is 22.9 Å². The highest BCUT2D eigenvalue weighted by molar-refractivity contribution is 9.10. The first-order chi connectivity index (χ1) is 9.13. The molecule has 1 N–H and O–H groups in total. The van der Waals surface area contributed by atoms with E-state index in [1.165, 1.54) is 11.3 Å². The molecule has 0 aromatic heterocycles. The van der Waals surface area contributed by atoms with Crippen LogP contribution >= 0.6 is 15.9 Å². The van der Waals surface area contributed by atoms with Gasteiger partial charge in [0.05, 0.1) is 12.6 Å². The van der Waals surface area contributed by atoms with Gasteiger partial charge < -0.3 is 15.0 Å². The number of anilines is 1. The minimum atomic E-state index is 0.349. The molecule has 19 heavy (non-hydrogen) atoms. The second-order valence-corrected chi connectivity index (χ2v) is 6.03. The van der Waals surface area contributed by atoms with Gasteiger partial charge in [0.15, 0.2) is 0 Å². The quantitative estimate of drug-likeness (QED) is 0.898. The van der Waals surface area contributed by atoms with E-state index >= 15 is 0 Å². The predicted molar refractivity (Wildman–Crippen MR) is 83.9 cm³/mol. The maximum Gasteiger partial charge on any atom is 0.0670 e. The minimum absolute atomic E-state index is 0.349. The number of hydrogen-bond donors (Lipinski definition) is 1. The summed E-state index contributed by atoms with van der Waals surface area (Å²) < 4.78 is 6.64. The molecule has 4 heteroatoms. The van der Waals surface area contributed by atoms with Crippen LogP contribution in [0.4, 0.5) is 5.69 Å². The maximum absolute atomic E-state index is 5.50. The molecule has 0 saturated carbocycles. The summed E-state index contributed by atoms with van der Waals surface area (Å²) in [5.41, 5.74) is 2.64. The van der Waals surface area contributed by atoms with Crippen molar-refractivity contribution in [1.82, 2.24) is 5.32 Å². The molecular formula is C15H23BrN2O. The van der Waals surface area contributed by atoms with Gasteiger partial charge in [-0.25, -0.2) is 0 Å². The smallest absolute Gasteiger partial charge is 0.0670 e. The van der Waals surface area contributed by atoms with Gasteiger partial charge in [0.1, 0.15) is 0 Å². The van der Waals surface area contributed by atoms with E-state index in [0.29, 0.717) is 12.1 Å². The first-order valence-electron chi connectivity index (χ1n) is 6.97. The Bertz CT molecular complexity index is 419. The standard InChI is InChI=1S/C15H23BrN2O/c1-4-17-11(2)14-9-12(16)5-6-15(14)18(3)13-7-8-19-10-13/h5-6,9,11,13,17H,4,7-8,10H2,1-3H3. The number of ether oxygens (including phenoxy) is 1. The third-order valence-electron chi connectivity index (χ3n) is 3.80. The maximum atomic E-state index is 5.50. The number of halogens is 1. The van der Waals surface area contributed by atoms with Crippen molar-refractivity contribution in [2.45, 2.75) is 32.4 Å². The molecule has 0 radical (unpaired) electrons. The molecule has 106 valence electrons. The zero-order valence-corrected chi connectivity index (χ0v) is 13.5. The summed E-state index contributed by atoms with van der Waals surface area (Å²) in [6.07, 6.45) is 1.11. The van der Waals surface area contributed by atoms with Crippen LogP contribution in [0.25, 0.3) is 0 Å². The third-order valence-corrected chi connectivity index (χ3v) is 4.29. The van der Waals surface area contributed by atoms with Crippen LogP contribution in [-0.2, 0) is 4.74 Å². The fraction of sp³-hybridized carbons (Fsp3) is 0.600. The molecule has 1 aliphatic heterocycles. The van der Waals surface area contributed by atoms with E-state index in [-0.39, 0.29) is 0 Å². The number of benzene rings is 1. The molecule has 3 nitrogen and oxygen atoms in total. The van der Waals surface area contributed by atoms with Gasteiger partial charge in [-0.3, -0.25) is 0 Å². The van der Waals surface area contributed by atoms with Crippen molar-refractivity contribution in [2.75, 3.05) is 31.7 Å². The van der Waals surface area contributed by atoms with Gasteiger partial charge in [-0.2, -0.15) is 0 Å². The Morgan fingerprint density at radius 3 is 2.95 bits per heavy atom. The predicted octanol–water partition coefficient (Wildman–Crippen LogP) is 3.34. The largest absolute Gasteiger partial charge is 0.379 e. The van der Waals surface area contributed by atoms with Gasteiger partial charge in [0.25, 0.3) is 0 Å². The van der Waals surface area contributed by atoms with Gasteiger partial charge >= 0.3 is 0 Å². The molecular weight excluding hydrogens is 304 g/mol. The van der Waals surface area contributed by atoms with Gasteiger partial charge in [0.2, 0.25) is 0 Å². The number of hydrogen-bond acceptors (Lipinski definition) is 3. The van der Waals surface area contributed by atoms with Crippen LogP contribution in [0.1, 0.15) is 31.9 Å². The summed E-state index contributed by atoms with van der Waals surface area (Å²) in [5, 5.41) is 3.50. The van der Waals surface area contributed by atoms with Crippen LogP contribution in [-0.4, -0.2) is 32.8 Å². The number of nitrogens with one attached hydrogen (secondary N) is 1. The Morgan fingerprint density at radius 2 is 2.32 bits per heavy atom. The molecule has 1 aromatic carbocycles. The van der Waals surface area contributed by atoms with Crippen molar-refractivity contribution >= 4 is 21.6 Å². The van der Waals surface area contributed by atoms with Crippen molar-refractivity contribution in [1.29, 1.82) is 0 Å². The molecule has 1 fully saturated rings. The van der Waals surface area contributed by atoms with E-state index in [9.17, 15) is 0 Å². The number of likely N-dealkylation sites (N-methyl/N-ethyl adjacent to an activating group) is 1. The van der Waals surface area contributed by atoms with E-state index in [4.69, 9.17) is 4.74 Å². The fourth-order valence-corrected chi connectivity index (χ4v) is 3.01. The van der Waals surface area contributed by atoms with E-state index in [1.54, 1.807) is 0 Å². The van der Waals surface area contributed by atoms with Gasteiger partial charge in [-0.05, 0) is 43.7 Å². The van der Waals surface area contributed by atoms with Crippen LogP contribution in [0.15, 0.2) is 22.7 Å². The van der Waals surface area contributed by atoms with E-state index < -0.39 is 0 Å². The summed E-state index contributed by atoms with van der Waals surface area (Å²) in [6, 6.07) is 7.38. The molecule has 0 amide bonds. The molecule has 2 atom stereocenters. The lowest BCUT2D eigenvalue weighted by Crippen LogP contribution is -2.33. The summed E-state index contributed by atoms with van der Waals surface area (Å²) >= 11 is 3.58. The molecule has 1 heterocycles. The Kier molecular flexibility index (Phi) is 5.25. The van der Waals surface area contributed by atoms with Crippen LogP contribution in [0.2, 0.25) is 0 Å². The van der Waals surface area contributed by atoms with Crippen molar-refractivity contribution in [3.05, 3.63) is 28.2 Å². The van der Waals surface area contributed by atoms with E-state index in [0.717, 1.165) is 30.7 Å². The van der Waals surface area contributed by atoms with Crippen molar-refractivity contribution in [3.63, 3.8) is 0 Å². The average molecular weight is 327 g/mol. The Balaban J connectivity index is 2.27. The molecule has 0 bridgehead atoms. The second-order valence-electron chi connectivity index (χ2n) is 5.11. The van der Waals surface area contributed by atoms with E-state index in [1.807, 2.05) is 0 Å². The Labute approximate surface area is 124 Å². The lowest BCUT2D eigenvalue weighted by Gasteiger charge is -2.30. The highest BCUT2D eigenvalue weighted by atomic mass is 79.9. The SMILES string of the molecule is CCNC(C)c1cc(Br)ccc1N(C)C1CCOC1. The van der Waals surface area contributed by atoms with E-state index in [2.05, 4.69) is 65.2 Å². The van der Waals surface area contributed by atoms with Crippen LogP contribution < -0.4 is 10.2 Å². The molecule has 2 rings (SSSR count). The first-order valence-corrected chi connectivity index (χ1v) is 7.76. The Hall–Kier alpha value is -0.580. The summed E-state index contributed by atoms with van der Waals surface area (Å²) in [7, 11) is 2.17. The minimum Gasteiger partial charge on any atom is -0.379 e. The Morgan fingerprint density at radius 1 is 1.53 bits per heavy atom. The van der Waals surface area contributed by atoms with Gasteiger partial charge in [-0.15, -0.1) is 0 Å². The first kappa shape index (κ1) is 14.8. The molecule has 0 spiro atoms. The molecule has 1 aliphatic rings. The molecule has 0 aliphatic carbocycles. The van der Waals surface area contributed by atoms with Crippen molar-refractivity contribution < 1.29 is 4.74 Å². The third kappa shape index (κ3) is 3.50. The molecule has 1 aromatic rings. The fourth-order valence-electron chi connectivity index (χ4n) is 2.63. The van der Waals surface area contributed by atoms with Crippen molar-refractivity contribution in [3.8, 4) is 0 Å². The zero-order valence-electron chi connectivity index (χ0n) is 11.9.